The molecular weight excluding hydrogens is 558 g/mol. The number of imidazole rings is 1. The van der Waals surface area contributed by atoms with Crippen molar-refractivity contribution in [2.75, 3.05) is 0 Å². The lowest BCUT2D eigenvalue weighted by Gasteiger charge is -2.07. The first-order valence-corrected chi connectivity index (χ1v) is 11.4. The second kappa shape index (κ2) is 6.42. The van der Waals surface area contributed by atoms with Gasteiger partial charge in [-0.1, -0.05) is 59.9 Å². The summed E-state index contributed by atoms with van der Waals surface area (Å²) >= 11 is 10.8. The summed E-state index contributed by atoms with van der Waals surface area (Å²) in [5.41, 5.74) is 4.17. The van der Waals surface area contributed by atoms with E-state index in [0.717, 1.165) is 57.5 Å². The number of aromatic amines is 2. The van der Waals surface area contributed by atoms with E-state index in [1.165, 1.54) is 10.8 Å². The average Bonchev–Trinajstić information content (AvgIpc) is 3.32. The van der Waals surface area contributed by atoms with Crippen LogP contribution in [0.25, 0.3) is 54.9 Å². The third-order valence-corrected chi connectivity index (χ3v) is 6.86. The van der Waals surface area contributed by atoms with Crippen molar-refractivity contribution in [3.8, 4) is 11.4 Å². The van der Waals surface area contributed by atoms with Gasteiger partial charge in [-0.3, -0.25) is 0 Å². The Labute approximate surface area is 190 Å². The highest BCUT2D eigenvalue weighted by molar-refractivity contribution is 9.11. The topological polar surface area (TPSA) is 44.5 Å². The van der Waals surface area contributed by atoms with E-state index in [9.17, 15) is 0 Å². The number of benzene rings is 4. The quantitative estimate of drug-likeness (QED) is 0.192. The van der Waals surface area contributed by atoms with Gasteiger partial charge in [0.25, 0.3) is 0 Å². The van der Waals surface area contributed by atoms with Gasteiger partial charge < -0.3 is 9.97 Å². The summed E-state index contributed by atoms with van der Waals surface area (Å²) in [6.45, 7) is 0. The maximum Gasteiger partial charge on any atom is 0.140 e. The van der Waals surface area contributed by atoms with E-state index in [1.807, 2.05) is 12.3 Å². The maximum absolute atomic E-state index is 5.06. The molecule has 2 N–H and O–H groups in total. The first-order valence-electron chi connectivity index (χ1n) is 9.06. The highest BCUT2D eigenvalue weighted by atomic mass is 79.9. The van der Waals surface area contributed by atoms with Crippen LogP contribution in [0.15, 0.2) is 74.2 Å². The van der Waals surface area contributed by atoms with Gasteiger partial charge in [0.15, 0.2) is 0 Å². The molecule has 0 aliphatic heterocycles. The van der Waals surface area contributed by atoms with Gasteiger partial charge >= 0.3 is 0 Å². The number of nitrogens with one attached hydrogen (secondary N) is 2. The lowest BCUT2D eigenvalue weighted by atomic mass is 10.0. The summed E-state index contributed by atoms with van der Waals surface area (Å²) in [4.78, 5) is 12.0. The zero-order valence-electron chi connectivity index (χ0n) is 14.9. The third kappa shape index (κ3) is 2.70. The van der Waals surface area contributed by atoms with Gasteiger partial charge in [-0.25, -0.2) is 4.98 Å². The highest BCUT2D eigenvalue weighted by Gasteiger charge is 2.16. The first-order chi connectivity index (χ1) is 14.1. The fourth-order valence-corrected chi connectivity index (χ4v) is 5.17. The van der Waals surface area contributed by atoms with Crippen LogP contribution in [0.2, 0.25) is 0 Å². The minimum absolute atomic E-state index is 0.859. The molecule has 4 aromatic carbocycles. The molecule has 0 aliphatic rings. The molecule has 3 nitrogen and oxygen atoms in total. The molecule has 0 aliphatic carbocycles. The van der Waals surface area contributed by atoms with Crippen LogP contribution < -0.4 is 0 Å². The number of hydrogen-bond donors (Lipinski definition) is 2. The summed E-state index contributed by atoms with van der Waals surface area (Å²) < 4.78 is 3.14. The Morgan fingerprint density at radius 2 is 1.28 bits per heavy atom. The van der Waals surface area contributed by atoms with E-state index in [0.29, 0.717) is 0 Å². The van der Waals surface area contributed by atoms with Gasteiger partial charge in [0, 0.05) is 46.9 Å². The molecule has 0 unspecified atom stereocenters. The largest absolute Gasteiger partial charge is 0.360 e. The molecule has 0 saturated carbocycles. The second-order valence-electron chi connectivity index (χ2n) is 7.08. The van der Waals surface area contributed by atoms with Crippen LogP contribution in [0.1, 0.15) is 0 Å². The van der Waals surface area contributed by atoms with Crippen LogP contribution in [0.5, 0.6) is 0 Å². The minimum atomic E-state index is 0.859. The van der Waals surface area contributed by atoms with E-state index in [1.54, 1.807) is 0 Å². The summed E-state index contributed by atoms with van der Waals surface area (Å²) in [6, 6.07) is 19.0. The molecule has 2 aromatic heterocycles. The Balaban J connectivity index is 1.77. The predicted molar refractivity (Wildman–Crippen MR) is 131 cm³/mol. The standard InChI is InChI=1S/C23H12Br3N3/c24-11-1-4-14-15-5-2-12(25)9-18(15)22-21(17(14)8-11)28-23(29-22)19-10-27-20-6-3-13(26)7-16(19)20/h1-10,27H,(H,28,29). The molecule has 6 aromatic rings. The van der Waals surface area contributed by atoms with Gasteiger partial charge in [0.2, 0.25) is 0 Å². The maximum atomic E-state index is 5.06. The van der Waals surface area contributed by atoms with E-state index < -0.39 is 0 Å². The van der Waals surface area contributed by atoms with Crippen molar-refractivity contribution in [3.05, 3.63) is 74.2 Å². The summed E-state index contributed by atoms with van der Waals surface area (Å²) in [6.07, 6.45) is 2.02. The average molecular weight is 570 g/mol. The number of fused-ring (bicyclic) bond motifs is 7. The van der Waals surface area contributed by atoms with Crippen molar-refractivity contribution >= 4 is 91.3 Å². The van der Waals surface area contributed by atoms with Crippen molar-refractivity contribution < 1.29 is 0 Å². The van der Waals surface area contributed by atoms with E-state index in [-0.39, 0.29) is 0 Å². The van der Waals surface area contributed by atoms with Crippen LogP contribution in [-0.4, -0.2) is 15.0 Å². The fourth-order valence-electron chi connectivity index (χ4n) is 4.08. The molecule has 0 spiro atoms. The van der Waals surface area contributed by atoms with E-state index in [2.05, 4.69) is 106 Å². The van der Waals surface area contributed by atoms with Gasteiger partial charge in [-0.05, 0) is 53.2 Å². The van der Waals surface area contributed by atoms with Gasteiger partial charge in [0.05, 0.1) is 11.0 Å². The van der Waals surface area contributed by atoms with Crippen LogP contribution >= 0.6 is 47.8 Å². The van der Waals surface area contributed by atoms with Crippen molar-refractivity contribution in [2.24, 2.45) is 0 Å². The van der Waals surface area contributed by atoms with Crippen molar-refractivity contribution in [1.82, 2.24) is 15.0 Å². The van der Waals surface area contributed by atoms with E-state index in [4.69, 9.17) is 4.98 Å². The van der Waals surface area contributed by atoms with Gasteiger partial charge in [-0.15, -0.1) is 0 Å². The zero-order valence-corrected chi connectivity index (χ0v) is 19.6. The number of nitrogens with zero attached hydrogens (tertiary/aromatic N) is 1. The molecule has 0 atom stereocenters. The molecule has 0 fully saturated rings. The Bertz CT molecular complexity index is 1520. The van der Waals surface area contributed by atoms with E-state index >= 15 is 0 Å². The molecule has 6 heteroatoms. The van der Waals surface area contributed by atoms with Crippen LogP contribution in [0.3, 0.4) is 0 Å². The molecular formula is C23H12Br3N3. The van der Waals surface area contributed by atoms with Crippen LogP contribution in [-0.2, 0) is 0 Å². The summed E-state index contributed by atoms with van der Waals surface area (Å²) in [5, 5.41) is 5.83. The summed E-state index contributed by atoms with van der Waals surface area (Å²) in [5.74, 6) is 0.859. The van der Waals surface area contributed by atoms with Gasteiger partial charge in [0.1, 0.15) is 5.82 Å². The fraction of sp³-hybridized carbons (Fsp3) is 0. The molecule has 0 bridgehead atoms. The summed E-state index contributed by atoms with van der Waals surface area (Å²) in [7, 11) is 0. The lowest BCUT2D eigenvalue weighted by Crippen LogP contribution is -1.82. The number of aromatic nitrogens is 3. The highest BCUT2D eigenvalue weighted by Crippen LogP contribution is 2.38. The molecule has 6 rings (SSSR count). The molecule has 29 heavy (non-hydrogen) atoms. The predicted octanol–water partition coefficient (Wildman–Crippen LogP) is 8.31. The Morgan fingerprint density at radius 1 is 0.655 bits per heavy atom. The molecule has 0 amide bonds. The lowest BCUT2D eigenvalue weighted by molar-refractivity contribution is 1.34. The Morgan fingerprint density at radius 3 is 2.03 bits per heavy atom. The van der Waals surface area contributed by atoms with Crippen molar-refractivity contribution in [3.63, 3.8) is 0 Å². The minimum Gasteiger partial charge on any atom is -0.360 e. The Kier molecular flexibility index (Phi) is 3.92. The monoisotopic (exact) mass is 567 g/mol. The molecule has 2 heterocycles. The smallest absolute Gasteiger partial charge is 0.140 e. The van der Waals surface area contributed by atoms with Gasteiger partial charge in [-0.2, -0.15) is 0 Å². The first kappa shape index (κ1) is 17.7. The number of hydrogen-bond acceptors (Lipinski definition) is 1. The molecule has 0 saturated heterocycles. The van der Waals surface area contributed by atoms with Crippen LogP contribution in [0.4, 0.5) is 0 Å². The molecule has 140 valence electrons. The molecule has 0 radical (unpaired) electrons. The normalized spacial score (nSPS) is 12.0. The Hall–Kier alpha value is -2.15. The van der Waals surface area contributed by atoms with Crippen molar-refractivity contribution in [1.29, 1.82) is 0 Å². The third-order valence-electron chi connectivity index (χ3n) is 5.38. The number of halogens is 3. The zero-order chi connectivity index (χ0) is 19.7. The SMILES string of the molecule is Brc1ccc2[nH]cc(-c3nc4c5cc(Br)ccc5c5ccc(Br)cc5c4[nH]3)c2c1. The number of rotatable bonds is 1. The van der Waals surface area contributed by atoms with Crippen molar-refractivity contribution in [2.45, 2.75) is 0 Å². The number of H-pyrrole nitrogens is 2. The van der Waals surface area contributed by atoms with Crippen LogP contribution in [0, 0.1) is 0 Å². The second-order valence-corrected chi connectivity index (χ2v) is 9.83.